The Labute approximate surface area is 165 Å². The molecule has 6 heteroatoms. The second-order valence-corrected chi connectivity index (χ2v) is 7.98. The number of hydrogen-bond acceptors (Lipinski definition) is 5. The normalized spacial score (nSPS) is 10.7. The maximum Gasteiger partial charge on any atom is 0.232 e. The molecule has 2 heterocycles. The molecule has 4 aromatic rings. The molecule has 1 amide bonds. The summed E-state index contributed by atoms with van der Waals surface area (Å²) in [5.41, 5.74) is 4.13. The first-order chi connectivity index (χ1) is 13.2. The summed E-state index contributed by atoms with van der Waals surface area (Å²) in [6, 6.07) is 18.4. The lowest BCUT2D eigenvalue weighted by Crippen LogP contribution is -2.14. The molecule has 4 nitrogen and oxygen atoms in total. The summed E-state index contributed by atoms with van der Waals surface area (Å²) in [5, 5.41) is 6.20. The molecule has 0 aliphatic rings. The first-order valence-electron chi connectivity index (χ1n) is 8.50. The maximum absolute atomic E-state index is 12.5. The van der Waals surface area contributed by atoms with Crippen LogP contribution in [0.1, 0.15) is 11.3 Å². The fraction of sp³-hybridized carbons (Fsp3) is 0.0952. The number of rotatable bonds is 5. The van der Waals surface area contributed by atoms with E-state index in [4.69, 9.17) is 4.98 Å². The van der Waals surface area contributed by atoms with Crippen LogP contribution in [0.3, 0.4) is 0 Å². The molecule has 134 valence electrons. The van der Waals surface area contributed by atoms with Gasteiger partial charge < -0.3 is 5.32 Å². The first-order valence-corrected chi connectivity index (χ1v) is 10.2. The topological polar surface area (TPSA) is 54.9 Å². The molecule has 0 saturated carbocycles. The number of anilines is 1. The summed E-state index contributed by atoms with van der Waals surface area (Å²) in [5.74, 6) is -0.108. The average molecular weight is 392 g/mol. The van der Waals surface area contributed by atoms with Crippen molar-refractivity contribution in [1.82, 2.24) is 9.97 Å². The lowest BCUT2D eigenvalue weighted by atomic mass is 10.1. The van der Waals surface area contributed by atoms with E-state index in [0.29, 0.717) is 5.13 Å². The van der Waals surface area contributed by atoms with Crippen molar-refractivity contribution in [2.24, 2.45) is 0 Å². The number of nitrogens with zero attached hydrogens (tertiary/aromatic N) is 2. The number of hydrogen-bond donors (Lipinski definition) is 1. The SMILES string of the molecule is Cc1ccc(-c2sc(-c3ccccc3)nc2CC(=O)Nc2nccs2)cc1. The van der Waals surface area contributed by atoms with E-state index >= 15 is 0 Å². The molecule has 0 radical (unpaired) electrons. The third-order valence-corrected chi connectivity index (χ3v) is 5.92. The monoisotopic (exact) mass is 391 g/mol. The summed E-state index contributed by atoms with van der Waals surface area (Å²) in [4.78, 5) is 22.4. The van der Waals surface area contributed by atoms with Gasteiger partial charge in [-0.05, 0) is 12.5 Å². The summed E-state index contributed by atoms with van der Waals surface area (Å²) < 4.78 is 0. The zero-order valence-corrected chi connectivity index (χ0v) is 16.3. The van der Waals surface area contributed by atoms with E-state index in [1.807, 2.05) is 35.7 Å². The van der Waals surface area contributed by atoms with Gasteiger partial charge in [0.1, 0.15) is 5.01 Å². The fourth-order valence-corrected chi connectivity index (χ4v) is 4.34. The van der Waals surface area contributed by atoms with Gasteiger partial charge >= 0.3 is 0 Å². The predicted octanol–water partition coefficient (Wildman–Crippen LogP) is 5.42. The van der Waals surface area contributed by atoms with Crippen LogP contribution in [-0.2, 0) is 11.2 Å². The van der Waals surface area contributed by atoms with E-state index in [9.17, 15) is 4.79 Å². The molecular weight excluding hydrogens is 374 g/mol. The zero-order valence-electron chi connectivity index (χ0n) is 14.7. The number of aromatic nitrogens is 2. The Hall–Kier alpha value is -2.83. The van der Waals surface area contributed by atoms with Crippen LogP contribution < -0.4 is 5.32 Å². The minimum atomic E-state index is -0.108. The van der Waals surface area contributed by atoms with Crippen LogP contribution in [0.15, 0.2) is 66.2 Å². The van der Waals surface area contributed by atoms with Crippen LogP contribution >= 0.6 is 22.7 Å². The summed E-state index contributed by atoms with van der Waals surface area (Å²) >= 11 is 3.02. The number of benzene rings is 2. The van der Waals surface area contributed by atoms with E-state index < -0.39 is 0 Å². The van der Waals surface area contributed by atoms with Crippen LogP contribution in [-0.4, -0.2) is 15.9 Å². The molecule has 0 unspecified atom stereocenters. The lowest BCUT2D eigenvalue weighted by Gasteiger charge is -2.03. The zero-order chi connectivity index (χ0) is 18.6. The number of carbonyl (C=O) groups excluding carboxylic acids is 1. The average Bonchev–Trinajstić information content (AvgIpc) is 3.33. The minimum Gasteiger partial charge on any atom is -0.302 e. The van der Waals surface area contributed by atoms with Gasteiger partial charge in [-0.15, -0.1) is 22.7 Å². The van der Waals surface area contributed by atoms with Crippen molar-refractivity contribution < 1.29 is 4.79 Å². The predicted molar refractivity (Wildman–Crippen MR) is 112 cm³/mol. The van der Waals surface area contributed by atoms with Crippen LogP contribution in [0.2, 0.25) is 0 Å². The molecule has 0 saturated heterocycles. The van der Waals surface area contributed by atoms with Gasteiger partial charge in [0.05, 0.1) is 17.0 Å². The van der Waals surface area contributed by atoms with Gasteiger partial charge in [-0.25, -0.2) is 9.97 Å². The van der Waals surface area contributed by atoms with Crippen LogP contribution in [0.4, 0.5) is 5.13 Å². The molecule has 0 aliphatic carbocycles. The maximum atomic E-state index is 12.5. The molecule has 27 heavy (non-hydrogen) atoms. The largest absolute Gasteiger partial charge is 0.302 e. The quantitative estimate of drug-likeness (QED) is 0.494. The Morgan fingerprint density at radius 2 is 1.81 bits per heavy atom. The number of carbonyl (C=O) groups is 1. The highest BCUT2D eigenvalue weighted by Crippen LogP contribution is 2.36. The molecule has 0 bridgehead atoms. The fourth-order valence-electron chi connectivity index (χ4n) is 2.71. The van der Waals surface area contributed by atoms with E-state index in [1.165, 1.54) is 16.9 Å². The van der Waals surface area contributed by atoms with Gasteiger partial charge in [-0.1, -0.05) is 60.2 Å². The Morgan fingerprint density at radius 3 is 2.52 bits per heavy atom. The first kappa shape index (κ1) is 17.6. The molecule has 0 atom stereocenters. The van der Waals surface area contributed by atoms with Crippen molar-refractivity contribution in [2.45, 2.75) is 13.3 Å². The van der Waals surface area contributed by atoms with E-state index in [2.05, 4.69) is 41.5 Å². The van der Waals surface area contributed by atoms with Gasteiger partial charge in [0, 0.05) is 17.1 Å². The van der Waals surface area contributed by atoms with Crippen molar-refractivity contribution >= 4 is 33.7 Å². The van der Waals surface area contributed by atoms with Crippen molar-refractivity contribution in [3.8, 4) is 21.0 Å². The highest BCUT2D eigenvalue weighted by atomic mass is 32.1. The van der Waals surface area contributed by atoms with E-state index in [-0.39, 0.29) is 12.3 Å². The van der Waals surface area contributed by atoms with Crippen LogP contribution in [0.25, 0.3) is 21.0 Å². The second-order valence-electron chi connectivity index (χ2n) is 6.09. The van der Waals surface area contributed by atoms with E-state index in [0.717, 1.165) is 26.7 Å². The van der Waals surface area contributed by atoms with Crippen molar-refractivity contribution in [2.75, 3.05) is 5.32 Å². The molecule has 0 fully saturated rings. The molecule has 0 spiro atoms. The van der Waals surface area contributed by atoms with E-state index in [1.54, 1.807) is 17.5 Å². The smallest absolute Gasteiger partial charge is 0.232 e. The molecular formula is C21H17N3OS2. The molecule has 0 aliphatic heterocycles. The number of nitrogens with one attached hydrogen (secondary N) is 1. The Balaban J connectivity index is 1.68. The minimum absolute atomic E-state index is 0.108. The number of amides is 1. The summed E-state index contributed by atoms with van der Waals surface area (Å²) in [6.07, 6.45) is 1.89. The van der Waals surface area contributed by atoms with Gasteiger partial charge in [0.25, 0.3) is 0 Å². The van der Waals surface area contributed by atoms with Gasteiger partial charge in [0.15, 0.2) is 5.13 Å². The summed E-state index contributed by atoms with van der Waals surface area (Å²) in [6.45, 7) is 2.06. The molecule has 1 N–H and O–H groups in total. The highest BCUT2D eigenvalue weighted by molar-refractivity contribution is 7.18. The second kappa shape index (κ2) is 7.82. The van der Waals surface area contributed by atoms with Crippen molar-refractivity contribution in [3.05, 3.63) is 77.4 Å². The third-order valence-electron chi connectivity index (χ3n) is 4.04. The van der Waals surface area contributed by atoms with Gasteiger partial charge in [-0.3, -0.25) is 4.79 Å². The molecule has 2 aromatic carbocycles. The molecule has 2 aromatic heterocycles. The molecule has 4 rings (SSSR count). The van der Waals surface area contributed by atoms with Crippen molar-refractivity contribution in [3.63, 3.8) is 0 Å². The number of aryl methyl sites for hydroxylation is 1. The Bertz CT molecular complexity index is 1040. The number of thiazole rings is 2. The summed E-state index contributed by atoms with van der Waals surface area (Å²) in [7, 11) is 0. The standard InChI is InChI=1S/C21H17N3OS2/c1-14-7-9-15(10-8-14)19-17(13-18(25)24-21-22-11-12-26-21)23-20(27-19)16-5-3-2-4-6-16/h2-12H,13H2,1H3,(H,22,24,25). The van der Waals surface area contributed by atoms with Crippen LogP contribution in [0, 0.1) is 6.92 Å². The third kappa shape index (κ3) is 4.13. The van der Waals surface area contributed by atoms with Crippen molar-refractivity contribution in [1.29, 1.82) is 0 Å². The highest BCUT2D eigenvalue weighted by Gasteiger charge is 2.17. The lowest BCUT2D eigenvalue weighted by molar-refractivity contribution is -0.115. The Kier molecular flexibility index (Phi) is 5.09. The van der Waals surface area contributed by atoms with Gasteiger partial charge in [0.2, 0.25) is 5.91 Å². The van der Waals surface area contributed by atoms with Crippen LogP contribution in [0.5, 0.6) is 0 Å². The van der Waals surface area contributed by atoms with Gasteiger partial charge in [-0.2, -0.15) is 0 Å². The Morgan fingerprint density at radius 1 is 1.04 bits per heavy atom.